The molecule has 124 valence electrons. The summed E-state index contributed by atoms with van der Waals surface area (Å²) in [6.07, 6.45) is 6.50. The molecule has 1 fully saturated rings. The standard InChI is InChI=1S/C19H22N4S/c1-15-20-9-11-22(15)13-18-8-5-10-23(18)12-17-14-24-19(21-17)16-6-3-2-4-7-16/h2-4,6-7,9,11,14,18H,5,8,10,12-13H2,1H3. The third-order valence-corrected chi connectivity index (χ3v) is 5.71. The first-order valence-corrected chi connectivity index (χ1v) is 9.39. The molecular formula is C19H22N4S. The Balaban J connectivity index is 1.45. The Kier molecular flexibility index (Phi) is 4.45. The summed E-state index contributed by atoms with van der Waals surface area (Å²) in [5.74, 6) is 1.10. The predicted octanol–water partition coefficient (Wildman–Crippen LogP) is 3.98. The van der Waals surface area contributed by atoms with Crippen LogP contribution in [-0.2, 0) is 13.1 Å². The zero-order valence-corrected chi connectivity index (χ0v) is 14.7. The molecule has 0 bridgehead atoms. The van der Waals surface area contributed by atoms with E-state index in [0.29, 0.717) is 6.04 Å². The second kappa shape index (κ2) is 6.87. The predicted molar refractivity (Wildman–Crippen MR) is 97.9 cm³/mol. The van der Waals surface area contributed by atoms with Crippen molar-refractivity contribution < 1.29 is 0 Å². The number of benzene rings is 1. The van der Waals surface area contributed by atoms with Gasteiger partial charge in [0.15, 0.2) is 0 Å². The van der Waals surface area contributed by atoms with Crippen molar-refractivity contribution in [3.05, 3.63) is 59.6 Å². The monoisotopic (exact) mass is 338 g/mol. The van der Waals surface area contributed by atoms with Crippen LogP contribution in [0.5, 0.6) is 0 Å². The first-order valence-electron chi connectivity index (χ1n) is 8.51. The molecule has 1 atom stereocenters. The van der Waals surface area contributed by atoms with Gasteiger partial charge in [0.25, 0.3) is 0 Å². The number of aryl methyl sites for hydroxylation is 1. The van der Waals surface area contributed by atoms with Crippen LogP contribution in [0.1, 0.15) is 24.4 Å². The largest absolute Gasteiger partial charge is 0.334 e. The number of rotatable bonds is 5. The van der Waals surface area contributed by atoms with Crippen molar-refractivity contribution >= 4 is 11.3 Å². The first kappa shape index (κ1) is 15.5. The van der Waals surface area contributed by atoms with Gasteiger partial charge in [-0.3, -0.25) is 4.90 Å². The highest BCUT2D eigenvalue weighted by molar-refractivity contribution is 7.13. The highest BCUT2D eigenvalue weighted by atomic mass is 32.1. The van der Waals surface area contributed by atoms with Crippen LogP contribution in [-0.4, -0.2) is 32.0 Å². The van der Waals surface area contributed by atoms with E-state index in [-0.39, 0.29) is 0 Å². The maximum Gasteiger partial charge on any atom is 0.123 e. The topological polar surface area (TPSA) is 34.0 Å². The normalized spacial score (nSPS) is 18.3. The number of thiazole rings is 1. The van der Waals surface area contributed by atoms with Gasteiger partial charge in [0.1, 0.15) is 10.8 Å². The lowest BCUT2D eigenvalue weighted by molar-refractivity contribution is 0.221. The van der Waals surface area contributed by atoms with Crippen LogP contribution >= 0.6 is 11.3 Å². The van der Waals surface area contributed by atoms with Crippen molar-refractivity contribution in [2.45, 2.75) is 38.9 Å². The van der Waals surface area contributed by atoms with E-state index < -0.39 is 0 Å². The molecule has 4 rings (SSSR count). The maximum atomic E-state index is 4.85. The molecule has 3 aromatic rings. The quantitative estimate of drug-likeness (QED) is 0.706. The van der Waals surface area contributed by atoms with E-state index in [9.17, 15) is 0 Å². The van der Waals surface area contributed by atoms with E-state index >= 15 is 0 Å². The van der Waals surface area contributed by atoms with Crippen molar-refractivity contribution in [3.8, 4) is 10.6 Å². The number of aromatic nitrogens is 3. The van der Waals surface area contributed by atoms with Gasteiger partial charge in [-0.15, -0.1) is 11.3 Å². The zero-order chi connectivity index (χ0) is 16.4. The molecule has 1 aromatic carbocycles. The fourth-order valence-electron chi connectivity index (χ4n) is 3.43. The molecule has 24 heavy (non-hydrogen) atoms. The molecule has 1 aliphatic heterocycles. The molecule has 1 unspecified atom stereocenters. The Morgan fingerprint density at radius 3 is 2.92 bits per heavy atom. The molecule has 0 spiro atoms. The van der Waals surface area contributed by atoms with Gasteiger partial charge in [0.2, 0.25) is 0 Å². The minimum atomic E-state index is 0.583. The summed E-state index contributed by atoms with van der Waals surface area (Å²) < 4.78 is 2.26. The second-order valence-electron chi connectivity index (χ2n) is 6.40. The summed E-state index contributed by atoms with van der Waals surface area (Å²) >= 11 is 1.74. The summed E-state index contributed by atoms with van der Waals surface area (Å²) in [4.78, 5) is 11.8. The lowest BCUT2D eigenvalue weighted by Crippen LogP contribution is -2.32. The Hall–Kier alpha value is -1.98. The molecule has 1 saturated heterocycles. The summed E-state index contributed by atoms with van der Waals surface area (Å²) in [5.41, 5.74) is 2.40. The van der Waals surface area contributed by atoms with Crippen LogP contribution in [0, 0.1) is 6.92 Å². The molecule has 0 N–H and O–H groups in total. The lowest BCUT2D eigenvalue weighted by Gasteiger charge is -2.24. The van der Waals surface area contributed by atoms with Crippen molar-refractivity contribution in [2.75, 3.05) is 6.54 Å². The Morgan fingerprint density at radius 1 is 1.25 bits per heavy atom. The fourth-order valence-corrected chi connectivity index (χ4v) is 4.25. The minimum Gasteiger partial charge on any atom is -0.334 e. The van der Waals surface area contributed by atoms with E-state index in [1.54, 1.807) is 11.3 Å². The van der Waals surface area contributed by atoms with E-state index in [2.05, 4.69) is 57.2 Å². The highest BCUT2D eigenvalue weighted by Gasteiger charge is 2.25. The molecule has 0 radical (unpaired) electrons. The lowest BCUT2D eigenvalue weighted by atomic mass is 10.2. The molecule has 3 heterocycles. The van der Waals surface area contributed by atoms with E-state index in [0.717, 1.165) is 30.5 Å². The van der Waals surface area contributed by atoms with Gasteiger partial charge >= 0.3 is 0 Å². The Labute approximate surface area is 146 Å². The van der Waals surface area contributed by atoms with E-state index in [1.165, 1.54) is 24.1 Å². The summed E-state index contributed by atoms with van der Waals surface area (Å²) in [6.45, 7) is 5.21. The van der Waals surface area contributed by atoms with Crippen LogP contribution in [0.25, 0.3) is 10.6 Å². The minimum absolute atomic E-state index is 0.583. The smallest absolute Gasteiger partial charge is 0.123 e. The average molecular weight is 338 g/mol. The number of imidazole rings is 1. The van der Waals surface area contributed by atoms with Crippen molar-refractivity contribution in [2.24, 2.45) is 0 Å². The summed E-state index contributed by atoms with van der Waals surface area (Å²) in [7, 11) is 0. The van der Waals surface area contributed by atoms with Gasteiger partial charge in [0, 0.05) is 42.5 Å². The zero-order valence-electron chi connectivity index (χ0n) is 13.9. The number of likely N-dealkylation sites (tertiary alicyclic amines) is 1. The molecule has 5 heteroatoms. The highest BCUT2D eigenvalue weighted by Crippen LogP contribution is 2.26. The van der Waals surface area contributed by atoms with Crippen LogP contribution in [0.3, 0.4) is 0 Å². The first-order chi connectivity index (χ1) is 11.8. The summed E-state index contributed by atoms with van der Waals surface area (Å²) in [6, 6.07) is 11.0. The molecule has 4 nitrogen and oxygen atoms in total. The third kappa shape index (κ3) is 3.28. The maximum absolute atomic E-state index is 4.85. The van der Waals surface area contributed by atoms with Gasteiger partial charge in [0.05, 0.1) is 5.69 Å². The van der Waals surface area contributed by atoms with Crippen molar-refractivity contribution in [1.29, 1.82) is 0 Å². The number of nitrogens with zero attached hydrogens (tertiary/aromatic N) is 4. The van der Waals surface area contributed by atoms with Crippen molar-refractivity contribution in [3.63, 3.8) is 0 Å². The summed E-state index contributed by atoms with van der Waals surface area (Å²) in [5, 5.41) is 3.33. The third-order valence-electron chi connectivity index (χ3n) is 4.77. The molecular weight excluding hydrogens is 316 g/mol. The van der Waals surface area contributed by atoms with Gasteiger partial charge in [-0.05, 0) is 26.3 Å². The van der Waals surface area contributed by atoms with Gasteiger partial charge in [-0.1, -0.05) is 30.3 Å². The van der Waals surface area contributed by atoms with E-state index in [4.69, 9.17) is 4.98 Å². The van der Waals surface area contributed by atoms with Crippen LogP contribution in [0.4, 0.5) is 0 Å². The Morgan fingerprint density at radius 2 is 2.12 bits per heavy atom. The molecule has 0 saturated carbocycles. The van der Waals surface area contributed by atoms with Crippen LogP contribution in [0.2, 0.25) is 0 Å². The molecule has 1 aliphatic rings. The molecule has 0 amide bonds. The number of hydrogen-bond acceptors (Lipinski definition) is 4. The molecule has 0 aliphatic carbocycles. The number of hydrogen-bond donors (Lipinski definition) is 0. The van der Waals surface area contributed by atoms with Gasteiger partial charge in [-0.2, -0.15) is 0 Å². The molecule has 2 aromatic heterocycles. The van der Waals surface area contributed by atoms with Crippen LogP contribution < -0.4 is 0 Å². The van der Waals surface area contributed by atoms with Crippen LogP contribution in [0.15, 0.2) is 48.1 Å². The SMILES string of the molecule is Cc1nccn1CC1CCCN1Cc1csc(-c2ccccc2)n1. The fraction of sp³-hybridized carbons (Fsp3) is 0.368. The average Bonchev–Trinajstić information content (AvgIpc) is 3.33. The second-order valence-corrected chi connectivity index (χ2v) is 7.26. The van der Waals surface area contributed by atoms with Gasteiger partial charge < -0.3 is 4.57 Å². The Bertz CT molecular complexity index is 793. The van der Waals surface area contributed by atoms with E-state index in [1.807, 2.05) is 12.3 Å². The van der Waals surface area contributed by atoms with Crippen molar-refractivity contribution in [1.82, 2.24) is 19.4 Å². The van der Waals surface area contributed by atoms with Gasteiger partial charge in [-0.25, -0.2) is 9.97 Å².